The molecule has 7 heteroatoms. The molecule has 1 saturated heterocycles. The van der Waals surface area contributed by atoms with Gasteiger partial charge in [-0.1, -0.05) is 35.9 Å². The number of nitrogens with zero attached hydrogens (tertiary/aromatic N) is 1. The van der Waals surface area contributed by atoms with Gasteiger partial charge < -0.3 is 15.0 Å². The van der Waals surface area contributed by atoms with Crippen LogP contribution in [0.4, 0.5) is 0 Å². The number of ketones is 1. The molecule has 0 bridgehead atoms. The van der Waals surface area contributed by atoms with Gasteiger partial charge in [-0.15, -0.1) is 0 Å². The summed E-state index contributed by atoms with van der Waals surface area (Å²) in [6, 6.07) is 14.0. The number of benzene rings is 2. The smallest absolute Gasteiger partial charge is 0.308 e. The van der Waals surface area contributed by atoms with E-state index < -0.39 is 5.97 Å². The van der Waals surface area contributed by atoms with Gasteiger partial charge in [-0.05, 0) is 43.9 Å². The van der Waals surface area contributed by atoms with Crippen LogP contribution in [0.5, 0.6) is 5.75 Å². The van der Waals surface area contributed by atoms with Crippen molar-refractivity contribution in [1.82, 2.24) is 10.2 Å². The van der Waals surface area contributed by atoms with E-state index in [0.717, 1.165) is 18.4 Å². The van der Waals surface area contributed by atoms with Crippen molar-refractivity contribution in [2.45, 2.75) is 39.5 Å². The minimum atomic E-state index is -0.429. The monoisotopic (exact) mass is 450 g/mol. The highest BCUT2D eigenvalue weighted by Gasteiger charge is 2.24. The minimum absolute atomic E-state index is 0.0326. The van der Waals surface area contributed by atoms with E-state index in [2.05, 4.69) is 5.32 Å². The van der Waals surface area contributed by atoms with Gasteiger partial charge in [0.25, 0.3) is 5.91 Å². The number of amides is 2. The molecule has 0 spiro atoms. The lowest BCUT2D eigenvalue weighted by atomic mass is 9.96. The number of carbonyl (C=O) groups is 4. The van der Waals surface area contributed by atoms with Gasteiger partial charge in [0, 0.05) is 50.5 Å². The topological polar surface area (TPSA) is 92.8 Å². The summed E-state index contributed by atoms with van der Waals surface area (Å²) < 4.78 is 5.06. The van der Waals surface area contributed by atoms with Crippen molar-refractivity contribution in [3.05, 3.63) is 65.2 Å². The summed E-state index contributed by atoms with van der Waals surface area (Å²) in [5.74, 6) is -0.0425. The summed E-state index contributed by atoms with van der Waals surface area (Å²) in [5.41, 5.74) is 2.20. The Morgan fingerprint density at radius 3 is 2.33 bits per heavy atom. The third kappa shape index (κ3) is 7.27. The van der Waals surface area contributed by atoms with Crippen LogP contribution in [0.15, 0.2) is 48.5 Å². The van der Waals surface area contributed by atoms with Crippen LogP contribution in [-0.2, 0) is 9.59 Å². The number of Topliss-reactive ketones (excluding diaryl/α,β-unsaturated/α-hetero) is 1. The van der Waals surface area contributed by atoms with Crippen LogP contribution in [0.2, 0.25) is 0 Å². The normalized spacial score (nSPS) is 13.9. The summed E-state index contributed by atoms with van der Waals surface area (Å²) in [7, 11) is 0. The van der Waals surface area contributed by atoms with E-state index in [1.165, 1.54) is 6.92 Å². The van der Waals surface area contributed by atoms with Gasteiger partial charge in [-0.3, -0.25) is 19.2 Å². The van der Waals surface area contributed by atoms with E-state index in [4.69, 9.17) is 4.74 Å². The van der Waals surface area contributed by atoms with Crippen LogP contribution >= 0.6 is 0 Å². The molecule has 1 N–H and O–H groups in total. The van der Waals surface area contributed by atoms with Crippen molar-refractivity contribution in [1.29, 1.82) is 0 Å². The van der Waals surface area contributed by atoms with Gasteiger partial charge in [-0.25, -0.2) is 0 Å². The van der Waals surface area contributed by atoms with Gasteiger partial charge in [0.15, 0.2) is 5.78 Å². The number of hydrogen-bond donors (Lipinski definition) is 1. The molecule has 1 heterocycles. The quantitative estimate of drug-likeness (QED) is 0.377. The molecule has 2 amide bonds. The highest BCUT2D eigenvalue weighted by Crippen LogP contribution is 2.21. The van der Waals surface area contributed by atoms with E-state index in [-0.39, 0.29) is 36.4 Å². The van der Waals surface area contributed by atoms with E-state index in [1.807, 2.05) is 19.1 Å². The molecule has 0 atom stereocenters. The second-order valence-electron chi connectivity index (χ2n) is 8.45. The maximum Gasteiger partial charge on any atom is 0.308 e. The maximum absolute atomic E-state index is 12.8. The Morgan fingerprint density at radius 2 is 1.67 bits per heavy atom. The van der Waals surface area contributed by atoms with Gasteiger partial charge in [0.1, 0.15) is 5.75 Å². The molecule has 174 valence electrons. The molecule has 33 heavy (non-hydrogen) atoms. The Balaban J connectivity index is 1.39. The predicted octanol–water partition coefficient (Wildman–Crippen LogP) is 3.55. The molecule has 0 radical (unpaired) electrons. The first-order chi connectivity index (χ1) is 15.8. The van der Waals surface area contributed by atoms with Crippen molar-refractivity contribution in [2.24, 2.45) is 5.92 Å². The number of esters is 1. The van der Waals surface area contributed by atoms with Crippen molar-refractivity contribution >= 4 is 23.6 Å². The number of likely N-dealkylation sites (tertiary alicyclic amines) is 1. The highest BCUT2D eigenvalue weighted by molar-refractivity contribution is 5.98. The Kier molecular flexibility index (Phi) is 8.35. The first-order valence-corrected chi connectivity index (χ1v) is 11.3. The Bertz CT molecular complexity index is 1010. The fraction of sp³-hybridized carbons (Fsp3) is 0.385. The van der Waals surface area contributed by atoms with Gasteiger partial charge in [-0.2, -0.15) is 0 Å². The molecule has 0 aliphatic carbocycles. The molecule has 2 aromatic carbocycles. The molecular weight excluding hydrogens is 420 g/mol. The van der Waals surface area contributed by atoms with E-state index in [9.17, 15) is 19.2 Å². The zero-order chi connectivity index (χ0) is 23.8. The lowest BCUT2D eigenvalue weighted by molar-refractivity contribution is -0.131. The first-order valence-electron chi connectivity index (χ1n) is 11.3. The Hall–Kier alpha value is -3.48. The lowest BCUT2D eigenvalue weighted by Crippen LogP contribution is -2.41. The molecule has 1 aliphatic rings. The molecule has 0 aromatic heterocycles. The fourth-order valence-corrected chi connectivity index (χ4v) is 3.84. The number of piperidine rings is 1. The SMILES string of the molecule is CC(=O)Oc1cccc(C(=O)N2CCC(CNC(=O)CCC(=O)c3ccc(C)cc3)CC2)c1. The average Bonchev–Trinajstić information content (AvgIpc) is 2.81. The molecule has 3 rings (SSSR count). The predicted molar refractivity (Wildman–Crippen MR) is 124 cm³/mol. The van der Waals surface area contributed by atoms with Crippen molar-refractivity contribution < 1.29 is 23.9 Å². The number of ether oxygens (including phenoxy) is 1. The molecular formula is C26H30N2O5. The van der Waals surface area contributed by atoms with Crippen molar-refractivity contribution in [3.63, 3.8) is 0 Å². The molecule has 1 fully saturated rings. The van der Waals surface area contributed by atoms with Crippen LogP contribution in [-0.4, -0.2) is 48.1 Å². The van der Waals surface area contributed by atoms with Crippen LogP contribution in [0, 0.1) is 12.8 Å². The number of rotatable bonds is 8. The second-order valence-corrected chi connectivity index (χ2v) is 8.45. The minimum Gasteiger partial charge on any atom is -0.427 e. The third-order valence-electron chi connectivity index (χ3n) is 5.78. The zero-order valence-corrected chi connectivity index (χ0v) is 19.1. The van der Waals surface area contributed by atoms with Crippen molar-refractivity contribution in [2.75, 3.05) is 19.6 Å². The average molecular weight is 451 g/mol. The van der Waals surface area contributed by atoms with E-state index >= 15 is 0 Å². The molecule has 1 aliphatic heterocycles. The Labute approximate surface area is 194 Å². The summed E-state index contributed by atoms with van der Waals surface area (Å²) in [5, 5.41) is 2.93. The summed E-state index contributed by atoms with van der Waals surface area (Å²) in [6.07, 6.45) is 1.94. The van der Waals surface area contributed by atoms with Gasteiger partial charge in [0.2, 0.25) is 5.91 Å². The summed E-state index contributed by atoms with van der Waals surface area (Å²) in [4.78, 5) is 50.1. The summed E-state index contributed by atoms with van der Waals surface area (Å²) in [6.45, 7) is 5.03. The highest BCUT2D eigenvalue weighted by atomic mass is 16.5. The Morgan fingerprint density at radius 1 is 0.970 bits per heavy atom. The maximum atomic E-state index is 12.8. The van der Waals surface area contributed by atoms with E-state index in [0.29, 0.717) is 36.5 Å². The summed E-state index contributed by atoms with van der Waals surface area (Å²) >= 11 is 0. The van der Waals surface area contributed by atoms with Crippen LogP contribution in [0.25, 0.3) is 0 Å². The molecule has 7 nitrogen and oxygen atoms in total. The standard InChI is InChI=1S/C26H30N2O5/c1-18-6-8-21(9-7-18)24(30)10-11-25(31)27-17-20-12-14-28(15-13-20)26(32)22-4-3-5-23(16-22)33-19(2)29/h3-9,16,20H,10-15,17H2,1-2H3,(H,27,31). The third-order valence-corrected chi connectivity index (χ3v) is 5.78. The molecule has 0 saturated carbocycles. The van der Waals surface area contributed by atoms with Crippen molar-refractivity contribution in [3.8, 4) is 5.75 Å². The number of aryl methyl sites for hydroxylation is 1. The van der Waals surface area contributed by atoms with E-state index in [1.54, 1.807) is 41.3 Å². The number of carbonyl (C=O) groups excluding carboxylic acids is 4. The number of nitrogens with one attached hydrogen (secondary N) is 1. The number of hydrogen-bond acceptors (Lipinski definition) is 5. The van der Waals surface area contributed by atoms with Gasteiger partial charge in [0.05, 0.1) is 0 Å². The van der Waals surface area contributed by atoms with Crippen LogP contribution in [0.1, 0.15) is 58.9 Å². The molecule has 0 unspecified atom stereocenters. The van der Waals surface area contributed by atoms with Gasteiger partial charge >= 0.3 is 5.97 Å². The lowest BCUT2D eigenvalue weighted by Gasteiger charge is -2.32. The fourth-order valence-electron chi connectivity index (χ4n) is 3.84. The first kappa shape index (κ1) is 24.2. The molecule has 2 aromatic rings. The van der Waals surface area contributed by atoms with Crippen LogP contribution < -0.4 is 10.1 Å². The second kappa shape index (κ2) is 11.4. The largest absolute Gasteiger partial charge is 0.427 e. The zero-order valence-electron chi connectivity index (χ0n) is 19.1. The van der Waals surface area contributed by atoms with Crippen LogP contribution in [0.3, 0.4) is 0 Å².